The molecule has 64 valence electrons. The Balaban J connectivity index is 2.94. The Morgan fingerprint density at radius 1 is 1.46 bits per heavy atom. The molecule has 0 atom stereocenters. The Morgan fingerprint density at radius 2 is 2.23 bits per heavy atom. The van der Waals surface area contributed by atoms with E-state index in [1.165, 1.54) is 6.07 Å². The molecule has 1 heterocycles. The maximum absolute atomic E-state index is 9.48. The number of hydrogen-bond donors (Lipinski definition) is 2. The topological polar surface area (TPSA) is 59.8 Å². The van der Waals surface area contributed by atoms with Crippen LogP contribution in [0.25, 0.3) is 10.9 Å². The SMILES string of the molecule is Cc1cc2c(O)ccc(C#N)c2[nH]1. The van der Waals surface area contributed by atoms with Crippen molar-refractivity contribution >= 4 is 10.9 Å². The van der Waals surface area contributed by atoms with Gasteiger partial charge in [-0.25, -0.2) is 0 Å². The number of nitriles is 1. The van der Waals surface area contributed by atoms with E-state index < -0.39 is 0 Å². The highest BCUT2D eigenvalue weighted by Crippen LogP contribution is 2.27. The van der Waals surface area contributed by atoms with Gasteiger partial charge >= 0.3 is 0 Å². The lowest BCUT2D eigenvalue weighted by molar-refractivity contribution is 0.481. The fourth-order valence-corrected chi connectivity index (χ4v) is 1.43. The maximum atomic E-state index is 9.48. The lowest BCUT2D eigenvalue weighted by atomic mass is 10.1. The summed E-state index contributed by atoms with van der Waals surface area (Å²) < 4.78 is 0. The number of aromatic amines is 1. The first kappa shape index (κ1) is 7.69. The van der Waals surface area contributed by atoms with E-state index in [1.807, 2.05) is 13.0 Å². The Bertz CT molecular complexity index is 505. The van der Waals surface area contributed by atoms with Crippen LogP contribution in [0.2, 0.25) is 0 Å². The summed E-state index contributed by atoms with van der Waals surface area (Å²) in [6.45, 7) is 1.89. The van der Waals surface area contributed by atoms with Gasteiger partial charge in [-0.15, -0.1) is 0 Å². The third-order valence-corrected chi connectivity index (χ3v) is 2.03. The summed E-state index contributed by atoms with van der Waals surface area (Å²) in [7, 11) is 0. The Hall–Kier alpha value is -1.95. The van der Waals surface area contributed by atoms with Crippen molar-refractivity contribution in [1.29, 1.82) is 5.26 Å². The van der Waals surface area contributed by atoms with E-state index in [9.17, 15) is 5.11 Å². The Morgan fingerprint density at radius 3 is 2.92 bits per heavy atom. The molecule has 0 bridgehead atoms. The minimum Gasteiger partial charge on any atom is -0.507 e. The van der Waals surface area contributed by atoms with Gasteiger partial charge in [0.15, 0.2) is 0 Å². The van der Waals surface area contributed by atoms with Crippen molar-refractivity contribution in [3.63, 3.8) is 0 Å². The maximum Gasteiger partial charge on any atom is 0.125 e. The third-order valence-electron chi connectivity index (χ3n) is 2.03. The molecule has 0 radical (unpaired) electrons. The average Bonchev–Trinajstić information content (AvgIpc) is 2.48. The number of aromatic hydroxyl groups is 1. The highest BCUT2D eigenvalue weighted by atomic mass is 16.3. The van der Waals surface area contributed by atoms with E-state index in [-0.39, 0.29) is 5.75 Å². The van der Waals surface area contributed by atoms with Gasteiger partial charge in [0.2, 0.25) is 0 Å². The van der Waals surface area contributed by atoms with Crippen molar-refractivity contribution in [1.82, 2.24) is 4.98 Å². The number of phenols is 1. The van der Waals surface area contributed by atoms with Crippen LogP contribution in [0.4, 0.5) is 0 Å². The summed E-state index contributed by atoms with van der Waals surface area (Å²) in [4.78, 5) is 3.04. The van der Waals surface area contributed by atoms with Gasteiger partial charge in [0, 0.05) is 11.1 Å². The first-order valence-corrected chi connectivity index (χ1v) is 3.94. The lowest BCUT2D eigenvalue weighted by Gasteiger charge is -1.95. The fraction of sp³-hybridized carbons (Fsp3) is 0.100. The van der Waals surface area contributed by atoms with Gasteiger partial charge in [-0.3, -0.25) is 0 Å². The molecule has 2 rings (SSSR count). The van der Waals surface area contributed by atoms with Crippen molar-refractivity contribution in [2.24, 2.45) is 0 Å². The Labute approximate surface area is 75.2 Å². The minimum absolute atomic E-state index is 0.207. The van der Waals surface area contributed by atoms with Crippen LogP contribution >= 0.6 is 0 Å². The van der Waals surface area contributed by atoms with E-state index in [2.05, 4.69) is 11.1 Å². The Kier molecular flexibility index (Phi) is 1.49. The van der Waals surface area contributed by atoms with Gasteiger partial charge in [0.25, 0.3) is 0 Å². The van der Waals surface area contributed by atoms with Crippen LogP contribution in [0, 0.1) is 18.3 Å². The smallest absolute Gasteiger partial charge is 0.125 e. The summed E-state index contributed by atoms with van der Waals surface area (Å²) in [5.41, 5.74) is 2.20. The summed E-state index contributed by atoms with van der Waals surface area (Å²) >= 11 is 0. The second-order valence-corrected chi connectivity index (χ2v) is 2.99. The van der Waals surface area contributed by atoms with Crippen LogP contribution in [-0.2, 0) is 0 Å². The second kappa shape index (κ2) is 2.53. The molecule has 0 unspecified atom stereocenters. The predicted molar refractivity (Wildman–Crippen MR) is 49.4 cm³/mol. The molecule has 0 saturated heterocycles. The molecule has 0 aliphatic carbocycles. The molecule has 3 heteroatoms. The number of nitrogens with one attached hydrogen (secondary N) is 1. The van der Waals surface area contributed by atoms with E-state index >= 15 is 0 Å². The summed E-state index contributed by atoms with van der Waals surface area (Å²) in [5.74, 6) is 0.207. The second-order valence-electron chi connectivity index (χ2n) is 2.99. The van der Waals surface area contributed by atoms with Gasteiger partial charge in [-0.05, 0) is 25.1 Å². The van der Waals surface area contributed by atoms with Crippen LogP contribution < -0.4 is 0 Å². The standard InChI is InChI=1S/C10H8N2O/c1-6-4-8-9(13)3-2-7(5-11)10(8)12-6/h2-4,12-13H,1H3. The molecule has 0 amide bonds. The fourth-order valence-electron chi connectivity index (χ4n) is 1.43. The van der Waals surface area contributed by atoms with Gasteiger partial charge in [-0.1, -0.05) is 0 Å². The van der Waals surface area contributed by atoms with Crippen molar-refractivity contribution in [3.05, 3.63) is 29.5 Å². The number of fused-ring (bicyclic) bond motifs is 1. The molecule has 0 spiro atoms. The molecule has 0 fully saturated rings. The molecule has 0 saturated carbocycles. The zero-order valence-electron chi connectivity index (χ0n) is 7.13. The zero-order chi connectivity index (χ0) is 9.42. The number of hydrogen-bond acceptors (Lipinski definition) is 2. The molecule has 3 nitrogen and oxygen atoms in total. The molecular weight excluding hydrogens is 164 g/mol. The summed E-state index contributed by atoms with van der Waals surface area (Å²) in [5, 5.41) is 19.0. The lowest BCUT2D eigenvalue weighted by Crippen LogP contribution is -1.77. The van der Waals surface area contributed by atoms with Crippen LogP contribution in [0.15, 0.2) is 18.2 Å². The molecule has 2 N–H and O–H groups in total. The first-order valence-electron chi connectivity index (χ1n) is 3.94. The van der Waals surface area contributed by atoms with Crippen LogP contribution in [0.3, 0.4) is 0 Å². The number of nitrogens with zero attached hydrogens (tertiary/aromatic N) is 1. The van der Waals surface area contributed by atoms with Gasteiger partial charge in [-0.2, -0.15) is 5.26 Å². The summed E-state index contributed by atoms with van der Waals surface area (Å²) in [6, 6.07) is 7.03. The van der Waals surface area contributed by atoms with E-state index in [4.69, 9.17) is 5.26 Å². The summed E-state index contributed by atoms with van der Waals surface area (Å²) in [6.07, 6.45) is 0. The van der Waals surface area contributed by atoms with E-state index in [0.29, 0.717) is 16.5 Å². The normalized spacial score (nSPS) is 10.2. The predicted octanol–water partition coefficient (Wildman–Crippen LogP) is 2.05. The molecule has 0 aliphatic rings. The average molecular weight is 172 g/mol. The third kappa shape index (κ3) is 1.04. The molecule has 0 aliphatic heterocycles. The van der Waals surface area contributed by atoms with Crippen molar-refractivity contribution in [2.75, 3.05) is 0 Å². The zero-order valence-corrected chi connectivity index (χ0v) is 7.13. The minimum atomic E-state index is 0.207. The molecular formula is C10H8N2O. The monoisotopic (exact) mass is 172 g/mol. The number of aromatic nitrogens is 1. The molecule has 1 aromatic carbocycles. The van der Waals surface area contributed by atoms with Crippen molar-refractivity contribution < 1.29 is 5.11 Å². The molecule has 2 aromatic rings. The van der Waals surface area contributed by atoms with E-state index in [0.717, 1.165) is 5.69 Å². The van der Waals surface area contributed by atoms with Gasteiger partial charge in [0.05, 0.1) is 11.1 Å². The molecule has 13 heavy (non-hydrogen) atoms. The van der Waals surface area contributed by atoms with Crippen LogP contribution in [0.5, 0.6) is 5.75 Å². The first-order chi connectivity index (χ1) is 6.22. The van der Waals surface area contributed by atoms with E-state index in [1.54, 1.807) is 6.07 Å². The van der Waals surface area contributed by atoms with Crippen molar-refractivity contribution in [2.45, 2.75) is 6.92 Å². The largest absolute Gasteiger partial charge is 0.507 e. The number of rotatable bonds is 0. The number of aryl methyl sites for hydroxylation is 1. The van der Waals surface area contributed by atoms with Crippen LogP contribution in [-0.4, -0.2) is 10.1 Å². The number of phenolic OH excluding ortho intramolecular Hbond substituents is 1. The van der Waals surface area contributed by atoms with Gasteiger partial charge in [0.1, 0.15) is 11.8 Å². The number of H-pyrrole nitrogens is 1. The number of benzene rings is 1. The van der Waals surface area contributed by atoms with Crippen molar-refractivity contribution in [3.8, 4) is 11.8 Å². The molecule has 1 aromatic heterocycles. The quantitative estimate of drug-likeness (QED) is 0.638. The highest BCUT2D eigenvalue weighted by Gasteiger charge is 2.06. The highest BCUT2D eigenvalue weighted by molar-refractivity contribution is 5.90. The van der Waals surface area contributed by atoms with Crippen LogP contribution in [0.1, 0.15) is 11.3 Å². The van der Waals surface area contributed by atoms with Gasteiger partial charge < -0.3 is 10.1 Å².